The van der Waals surface area contributed by atoms with Crippen LogP contribution in [0.2, 0.25) is 0 Å². The number of anilines is 2. The van der Waals surface area contributed by atoms with Gasteiger partial charge >= 0.3 is 0 Å². The normalized spacial score (nSPS) is 17.8. The second-order valence-corrected chi connectivity index (χ2v) is 6.46. The van der Waals surface area contributed by atoms with E-state index in [1.807, 2.05) is 12.1 Å². The minimum Gasteiger partial charge on any atom is -0.369 e. The van der Waals surface area contributed by atoms with Gasteiger partial charge in [-0.3, -0.25) is 4.72 Å². The highest BCUT2D eigenvalue weighted by atomic mass is 32.2. The molecule has 1 aromatic rings. The summed E-state index contributed by atoms with van der Waals surface area (Å²) in [6, 6.07) is 7.51. The zero-order valence-corrected chi connectivity index (χ0v) is 11.6. The average Bonchev–Trinajstić information content (AvgIpc) is 2.29. The largest absolute Gasteiger partial charge is 0.369 e. The van der Waals surface area contributed by atoms with Crippen molar-refractivity contribution < 1.29 is 8.42 Å². The van der Waals surface area contributed by atoms with Crippen molar-refractivity contribution in [3.8, 4) is 0 Å². The number of sulfonamides is 1. The molecule has 1 heterocycles. The number of rotatable bonds is 3. The number of hydrogen-bond donors (Lipinski definition) is 1. The Balaban J connectivity index is 2.03. The van der Waals surface area contributed by atoms with Gasteiger partial charge in [-0.05, 0) is 31.3 Å². The number of nitrogens with zero attached hydrogens (tertiary/aromatic N) is 2. The van der Waals surface area contributed by atoms with E-state index in [1.54, 1.807) is 12.1 Å². The molecule has 1 aliphatic rings. The van der Waals surface area contributed by atoms with E-state index >= 15 is 0 Å². The Bertz CT molecular complexity index is 491. The maximum Gasteiger partial charge on any atom is 0.229 e. The van der Waals surface area contributed by atoms with Crippen LogP contribution in [0, 0.1) is 0 Å². The molecule has 0 aliphatic carbocycles. The van der Waals surface area contributed by atoms with Crippen LogP contribution in [-0.4, -0.2) is 52.8 Å². The number of benzene rings is 1. The first-order valence-electron chi connectivity index (χ1n) is 5.95. The fourth-order valence-corrected chi connectivity index (χ4v) is 2.58. The van der Waals surface area contributed by atoms with Gasteiger partial charge in [-0.25, -0.2) is 8.42 Å². The lowest BCUT2D eigenvalue weighted by Gasteiger charge is -2.34. The van der Waals surface area contributed by atoms with Crippen LogP contribution in [0.1, 0.15) is 0 Å². The third-order valence-electron chi connectivity index (χ3n) is 3.04. The van der Waals surface area contributed by atoms with Gasteiger partial charge in [-0.15, -0.1) is 0 Å². The Labute approximate surface area is 108 Å². The third kappa shape index (κ3) is 3.61. The van der Waals surface area contributed by atoms with Crippen LogP contribution < -0.4 is 9.62 Å². The molecule has 6 heteroatoms. The van der Waals surface area contributed by atoms with Crippen LogP contribution >= 0.6 is 0 Å². The Morgan fingerprint density at radius 1 is 1.06 bits per heavy atom. The molecule has 1 aliphatic heterocycles. The summed E-state index contributed by atoms with van der Waals surface area (Å²) in [7, 11) is -1.07. The van der Waals surface area contributed by atoms with Crippen LogP contribution in [-0.2, 0) is 10.0 Å². The zero-order valence-electron chi connectivity index (χ0n) is 10.8. The van der Waals surface area contributed by atoms with Crippen molar-refractivity contribution in [1.29, 1.82) is 0 Å². The highest BCUT2D eigenvalue weighted by Gasteiger charge is 2.14. The Hall–Kier alpha value is -1.27. The molecule has 1 N–H and O–H groups in total. The summed E-state index contributed by atoms with van der Waals surface area (Å²) >= 11 is 0. The molecule has 1 aromatic carbocycles. The third-order valence-corrected chi connectivity index (χ3v) is 3.65. The van der Waals surface area contributed by atoms with Gasteiger partial charge in [-0.1, -0.05) is 0 Å². The van der Waals surface area contributed by atoms with Gasteiger partial charge in [0.25, 0.3) is 0 Å². The van der Waals surface area contributed by atoms with E-state index in [0.717, 1.165) is 38.1 Å². The van der Waals surface area contributed by atoms with E-state index in [1.165, 1.54) is 0 Å². The van der Waals surface area contributed by atoms with Crippen molar-refractivity contribution in [1.82, 2.24) is 4.90 Å². The van der Waals surface area contributed by atoms with Crippen LogP contribution in [0.5, 0.6) is 0 Å². The molecule has 2 rings (SSSR count). The zero-order chi connectivity index (χ0) is 13.2. The minimum absolute atomic E-state index is 0.607. The van der Waals surface area contributed by atoms with E-state index in [9.17, 15) is 8.42 Å². The molecule has 1 saturated heterocycles. The summed E-state index contributed by atoms with van der Waals surface area (Å²) in [4.78, 5) is 4.61. The van der Waals surface area contributed by atoms with E-state index in [4.69, 9.17) is 0 Å². The highest BCUT2D eigenvalue weighted by Crippen LogP contribution is 2.19. The number of hydrogen-bond acceptors (Lipinski definition) is 4. The molecular formula is C12H19N3O2S. The molecule has 0 amide bonds. The molecule has 0 saturated carbocycles. The standard InChI is InChI=1S/C12H19N3O2S/c1-14-7-9-15(10-8-14)12-5-3-11(4-6-12)13-18(2,16)17/h3-6,13H,7-10H2,1-2H3. The van der Waals surface area contributed by atoms with E-state index in [0.29, 0.717) is 5.69 Å². The lowest BCUT2D eigenvalue weighted by Crippen LogP contribution is -2.44. The van der Waals surface area contributed by atoms with E-state index < -0.39 is 10.0 Å². The fourth-order valence-electron chi connectivity index (χ4n) is 2.02. The first kappa shape index (κ1) is 13.2. The second-order valence-electron chi connectivity index (χ2n) is 4.71. The van der Waals surface area contributed by atoms with Gasteiger partial charge in [0.1, 0.15) is 0 Å². The van der Waals surface area contributed by atoms with Crippen LogP contribution in [0.25, 0.3) is 0 Å². The maximum atomic E-state index is 11.1. The smallest absolute Gasteiger partial charge is 0.229 e. The molecule has 100 valence electrons. The lowest BCUT2D eigenvalue weighted by molar-refractivity contribution is 0.313. The molecule has 0 unspecified atom stereocenters. The Morgan fingerprint density at radius 3 is 2.11 bits per heavy atom. The van der Waals surface area contributed by atoms with Crippen molar-refractivity contribution in [2.45, 2.75) is 0 Å². The van der Waals surface area contributed by atoms with Crippen LogP contribution in [0.3, 0.4) is 0 Å². The molecule has 0 bridgehead atoms. The summed E-state index contributed by atoms with van der Waals surface area (Å²) < 4.78 is 24.7. The van der Waals surface area contributed by atoms with Crippen LogP contribution in [0.15, 0.2) is 24.3 Å². The second kappa shape index (κ2) is 5.16. The van der Waals surface area contributed by atoms with Gasteiger partial charge in [0.15, 0.2) is 0 Å². The van der Waals surface area contributed by atoms with Crippen molar-refractivity contribution in [2.24, 2.45) is 0 Å². The predicted octanol–water partition coefficient (Wildman–Crippen LogP) is 0.810. The maximum absolute atomic E-state index is 11.1. The van der Waals surface area contributed by atoms with E-state index in [-0.39, 0.29) is 0 Å². The van der Waals surface area contributed by atoms with Gasteiger partial charge in [0.05, 0.1) is 6.26 Å². The lowest BCUT2D eigenvalue weighted by atomic mass is 10.2. The molecule has 5 nitrogen and oxygen atoms in total. The van der Waals surface area contributed by atoms with Crippen LogP contribution in [0.4, 0.5) is 11.4 Å². The van der Waals surface area contributed by atoms with Gasteiger partial charge in [-0.2, -0.15) is 0 Å². The molecule has 18 heavy (non-hydrogen) atoms. The predicted molar refractivity (Wildman–Crippen MR) is 74.6 cm³/mol. The SMILES string of the molecule is CN1CCN(c2ccc(NS(C)(=O)=O)cc2)CC1. The summed E-state index contributed by atoms with van der Waals surface area (Å²) in [6.45, 7) is 4.14. The summed E-state index contributed by atoms with van der Waals surface area (Å²) in [5.74, 6) is 0. The minimum atomic E-state index is -3.19. The molecule has 0 aromatic heterocycles. The Kier molecular flexibility index (Phi) is 3.77. The molecule has 1 fully saturated rings. The van der Waals surface area contributed by atoms with Crippen molar-refractivity contribution in [3.05, 3.63) is 24.3 Å². The summed E-state index contributed by atoms with van der Waals surface area (Å²) in [5, 5.41) is 0. The molecule has 0 radical (unpaired) electrons. The Morgan fingerprint density at radius 2 is 1.61 bits per heavy atom. The molecular weight excluding hydrogens is 250 g/mol. The number of nitrogens with one attached hydrogen (secondary N) is 1. The average molecular weight is 269 g/mol. The van der Waals surface area contributed by atoms with Crippen molar-refractivity contribution in [2.75, 3.05) is 49.1 Å². The van der Waals surface area contributed by atoms with Gasteiger partial charge in [0, 0.05) is 37.6 Å². The van der Waals surface area contributed by atoms with Gasteiger partial charge < -0.3 is 9.80 Å². The van der Waals surface area contributed by atoms with Crippen molar-refractivity contribution >= 4 is 21.4 Å². The van der Waals surface area contributed by atoms with Gasteiger partial charge in [0.2, 0.25) is 10.0 Å². The topological polar surface area (TPSA) is 52.6 Å². The first-order valence-corrected chi connectivity index (χ1v) is 7.84. The first-order chi connectivity index (χ1) is 8.44. The molecule has 0 spiro atoms. The van der Waals surface area contributed by atoms with E-state index in [2.05, 4.69) is 21.6 Å². The monoisotopic (exact) mass is 269 g/mol. The molecule has 0 atom stereocenters. The highest BCUT2D eigenvalue weighted by molar-refractivity contribution is 7.92. The fraction of sp³-hybridized carbons (Fsp3) is 0.500. The quantitative estimate of drug-likeness (QED) is 0.882. The van der Waals surface area contributed by atoms with Crippen molar-refractivity contribution in [3.63, 3.8) is 0 Å². The number of likely N-dealkylation sites (N-methyl/N-ethyl adjacent to an activating group) is 1. The summed E-state index contributed by atoms with van der Waals surface area (Å²) in [6.07, 6.45) is 1.15. The number of piperazine rings is 1. The summed E-state index contributed by atoms with van der Waals surface area (Å²) in [5.41, 5.74) is 1.75.